The third kappa shape index (κ3) is 2.64. The molecular formula is C14H10Cl2N2O2S. The van der Waals surface area contributed by atoms with Gasteiger partial charge >= 0.3 is 0 Å². The quantitative estimate of drug-likeness (QED) is 0.826. The fourth-order valence-corrected chi connectivity index (χ4v) is 3.88. The van der Waals surface area contributed by atoms with Crippen LogP contribution in [0, 0.1) is 0 Å². The van der Waals surface area contributed by atoms with Gasteiger partial charge in [0.1, 0.15) is 0 Å². The van der Waals surface area contributed by atoms with E-state index in [9.17, 15) is 9.59 Å². The molecule has 0 bridgehead atoms. The molecule has 3 rings (SSSR count). The highest BCUT2D eigenvalue weighted by Gasteiger charge is 2.26. The molecule has 2 aromatic rings. The molecule has 0 spiro atoms. The first-order valence-electron chi connectivity index (χ1n) is 6.16. The Morgan fingerprint density at radius 1 is 1.14 bits per heavy atom. The van der Waals surface area contributed by atoms with E-state index < -0.39 is 0 Å². The molecule has 0 saturated heterocycles. The number of imide groups is 1. The minimum absolute atomic E-state index is 0.0699. The van der Waals surface area contributed by atoms with Crippen LogP contribution in [0.4, 0.5) is 5.69 Å². The molecule has 2 amide bonds. The van der Waals surface area contributed by atoms with Crippen LogP contribution in [0.25, 0.3) is 0 Å². The maximum Gasteiger partial charge on any atom is 0.259 e. The molecule has 2 heterocycles. The van der Waals surface area contributed by atoms with E-state index in [1.807, 2.05) is 13.0 Å². The smallest absolute Gasteiger partial charge is 0.259 e. The second kappa shape index (κ2) is 5.33. The van der Waals surface area contributed by atoms with E-state index in [0.29, 0.717) is 19.8 Å². The van der Waals surface area contributed by atoms with E-state index in [1.54, 1.807) is 18.2 Å². The number of hydrogen-bond donors (Lipinski definition) is 2. The van der Waals surface area contributed by atoms with Crippen molar-refractivity contribution in [2.45, 2.75) is 13.0 Å². The maximum atomic E-state index is 11.6. The summed E-state index contributed by atoms with van der Waals surface area (Å²) in [5.41, 5.74) is 2.42. The summed E-state index contributed by atoms with van der Waals surface area (Å²) in [6.45, 7) is 1.95. The van der Waals surface area contributed by atoms with Gasteiger partial charge in [-0.25, -0.2) is 0 Å². The summed E-state index contributed by atoms with van der Waals surface area (Å²) in [4.78, 5) is 23.1. The van der Waals surface area contributed by atoms with Crippen molar-refractivity contribution in [1.29, 1.82) is 0 Å². The van der Waals surface area contributed by atoms with Crippen LogP contribution >= 0.6 is 34.5 Å². The van der Waals surface area contributed by atoms with Crippen LogP contribution in [-0.2, 0) is 0 Å². The van der Waals surface area contributed by atoms with Crippen LogP contribution < -0.4 is 10.6 Å². The normalized spacial score (nSPS) is 14.8. The van der Waals surface area contributed by atoms with Crippen molar-refractivity contribution >= 4 is 52.0 Å². The number of fused-ring (bicyclic) bond motifs is 1. The van der Waals surface area contributed by atoms with Crippen LogP contribution in [0.1, 0.15) is 39.2 Å². The summed E-state index contributed by atoms with van der Waals surface area (Å²) in [6, 6.07) is 6.80. The molecule has 4 nitrogen and oxygen atoms in total. The van der Waals surface area contributed by atoms with E-state index in [-0.39, 0.29) is 17.9 Å². The van der Waals surface area contributed by atoms with Crippen LogP contribution in [0.15, 0.2) is 24.3 Å². The van der Waals surface area contributed by atoms with Gasteiger partial charge in [-0.2, -0.15) is 0 Å². The number of hydrogen-bond acceptors (Lipinski definition) is 4. The molecule has 1 aliphatic rings. The summed E-state index contributed by atoms with van der Waals surface area (Å²) in [7, 11) is 0. The lowest BCUT2D eigenvalue weighted by Crippen LogP contribution is -2.19. The zero-order valence-corrected chi connectivity index (χ0v) is 13.2. The second-order valence-electron chi connectivity index (χ2n) is 4.69. The average molecular weight is 341 g/mol. The highest BCUT2D eigenvalue weighted by molar-refractivity contribution is 7.20. The maximum absolute atomic E-state index is 11.6. The monoisotopic (exact) mass is 340 g/mol. The molecule has 2 N–H and O–H groups in total. The standard InChI is InChI=1S/C14H10Cl2N2O2S/c1-6(9-5-11(15)21-12(9)16)17-7-2-3-8-10(4-7)14(20)18-13(8)19/h2-6,17H,1H3,(H,18,19,20). The van der Waals surface area contributed by atoms with Crippen molar-refractivity contribution in [2.24, 2.45) is 0 Å². The van der Waals surface area contributed by atoms with E-state index in [0.717, 1.165) is 11.3 Å². The Morgan fingerprint density at radius 3 is 2.52 bits per heavy atom. The first-order chi connectivity index (χ1) is 9.95. The Kier molecular flexibility index (Phi) is 3.65. The largest absolute Gasteiger partial charge is 0.378 e. The lowest BCUT2D eigenvalue weighted by atomic mass is 10.1. The van der Waals surface area contributed by atoms with Crippen molar-refractivity contribution < 1.29 is 9.59 Å². The minimum atomic E-state index is -0.372. The molecule has 1 aliphatic heterocycles. The highest BCUT2D eigenvalue weighted by atomic mass is 35.5. The van der Waals surface area contributed by atoms with E-state index in [1.165, 1.54) is 11.3 Å². The van der Waals surface area contributed by atoms with Crippen molar-refractivity contribution in [1.82, 2.24) is 5.32 Å². The molecule has 7 heteroatoms. The molecule has 21 heavy (non-hydrogen) atoms. The Balaban J connectivity index is 1.86. The first kappa shape index (κ1) is 14.4. The molecule has 0 saturated carbocycles. The SMILES string of the molecule is CC(Nc1ccc2c(c1)C(=O)NC2=O)c1cc(Cl)sc1Cl. The predicted octanol–water partition coefficient (Wildman–Crippen LogP) is 4.11. The van der Waals surface area contributed by atoms with E-state index in [4.69, 9.17) is 23.2 Å². The van der Waals surface area contributed by atoms with Gasteiger partial charge in [0.05, 0.1) is 25.8 Å². The van der Waals surface area contributed by atoms with Crippen LogP contribution in [-0.4, -0.2) is 11.8 Å². The number of anilines is 1. The summed E-state index contributed by atoms with van der Waals surface area (Å²) in [6.07, 6.45) is 0. The molecule has 1 unspecified atom stereocenters. The summed E-state index contributed by atoms with van der Waals surface area (Å²) < 4.78 is 1.26. The van der Waals surface area contributed by atoms with E-state index >= 15 is 0 Å². The van der Waals surface area contributed by atoms with Gasteiger partial charge in [-0.15, -0.1) is 11.3 Å². The Hall–Kier alpha value is -1.56. The Bertz CT molecular complexity index is 757. The molecule has 1 aromatic carbocycles. The number of carbonyl (C=O) groups is 2. The van der Waals surface area contributed by atoms with Gasteiger partial charge in [0.2, 0.25) is 0 Å². The number of halogens is 2. The third-order valence-corrected chi connectivity index (χ3v) is 4.79. The molecule has 108 valence electrons. The van der Waals surface area contributed by atoms with Gasteiger partial charge in [0.15, 0.2) is 0 Å². The lowest BCUT2D eigenvalue weighted by Gasteiger charge is -2.15. The van der Waals surface area contributed by atoms with Crippen LogP contribution in [0.2, 0.25) is 8.67 Å². The van der Waals surface area contributed by atoms with E-state index in [2.05, 4.69) is 10.6 Å². The highest BCUT2D eigenvalue weighted by Crippen LogP contribution is 2.36. The third-order valence-electron chi connectivity index (χ3n) is 3.27. The predicted molar refractivity (Wildman–Crippen MR) is 84.6 cm³/mol. The number of rotatable bonds is 3. The Morgan fingerprint density at radius 2 is 1.86 bits per heavy atom. The lowest BCUT2D eigenvalue weighted by molar-refractivity contribution is 0.0879. The van der Waals surface area contributed by atoms with Crippen molar-refractivity contribution in [3.8, 4) is 0 Å². The van der Waals surface area contributed by atoms with Crippen molar-refractivity contribution in [3.63, 3.8) is 0 Å². The topological polar surface area (TPSA) is 58.2 Å². The average Bonchev–Trinajstić information content (AvgIpc) is 2.90. The van der Waals surface area contributed by atoms with Gasteiger partial charge < -0.3 is 5.32 Å². The number of benzene rings is 1. The van der Waals surface area contributed by atoms with Gasteiger partial charge in [-0.1, -0.05) is 23.2 Å². The van der Waals surface area contributed by atoms with Gasteiger partial charge in [-0.05, 0) is 31.2 Å². The van der Waals surface area contributed by atoms with Crippen molar-refractivity contribution in [3.05, 3.63) is 49.6 Å². The summed E-state index contributed by atoms with van der Waals surface area (Å²) in [5, 5.41) is 5.51. The molecule has 1 atom stereocenters. The fourth-order valence-electron chi connectivity index (χ4n) is 2.23. The Labute approximate surface area is 135 Å². The van der Waals surface area contributed by atoms with Crippen LogP contribution in [0.5, 0.6) is 0 Å². The molecule has 0 aliphatic carbocycles. The van der Waals surface area contributed by atoms with Gasteiger partial charge in [-0.3, -0.25) is 14.9 Å². The number of nitrogens with one attached hydrogen (secondary N) is 2. The number of thiophene rings is 1. The zero-order valence-electron chi connectivity index (χ0n) is 10.9. The summed E-state index contributed by atoms with van der Waals surface area (Å²) >= 11 is 13.4. The van der Waals surface area contributed by atoms with Crippen LogP contribution in [0.3, 0.4) is 0 Å². The fraction of sp³-hybridized carbons (Fsp3) is 0.143. The minimum Gasteiger partial charge on any atom is -0.378 e. The molecule has 1 aromatic heterocycles. The second-order valence-corrected chi connectivity index (χ2v) is 6.97. The summed E-state index contributed by atoms with van der Waals surface area (Å²) in [5.74, 6) is -0.731. The van der Waals surface area contributed by atoms with Gasteiger partial charge in [0, 0.05) is 11.3 Å². The van der Waals surface area contributed by atoms with Gasteiger partial charge in [0.25, 0.3) is 11.8 Å². The molecule has 0 radical (unpaired) electrons. The molecular weight excluding hydrogens is 331 g/mol. The first-order valence-corrected chi connectivity index (χ1v) is 7.74. The zero-order chi connectivity index (χ0) is 15.1. The van der Waals surface area contributed by atoms with Crippen molar-refractivity contribution in [2.75, 3.05) is 5.32 Å². The molecule has 0 fully saturated rings. The number of carbonyl (C=O) groups excluding carboxylic acids is 2. The number of amides is 2.